The summed E-state index contributed by atoms with van der Waals surface area (Å²) < 4.78 is 0. The first-order valence-corrected chi connectivity index (χ1v) is 11.6. The standard InChI is InChI=1S/C26H27Cl2NO2.CH3.Li/c27-23-11-6-9-20(16-23)8-4-2-1-3-5-13-25(22-10-7-12-24(28)17-22)26(31)29-15-14-21(18-29)19-30;;/h6-7,9,11-12,16-17,19,21H,1-5,8,14-15,18H2;1H3;/q-2;-1;+1/t21-;;/m0../s1. The minimum atomic E-state index is -0.0937. The molecule has 172 valence electrons. The Hall–Kier alpha value is -1.50. The molecule has 1 aliphatic rings. The van der Waals surface area contributed by atoms with Crippen LogP contribution in [0.15, 0.2) is 42.5 Å². The van der Waals surface area contributed by atoms with Crippen molar-refractivity contribution in [3.8, 4) is 0 Å². The Kier molecular flexibility index (Phi) is 13.8. The predicted molar refractivity (Wildman–Crippen MR) is 132 cm³/mol. The topological polar surface area (TPSA) is 37.4 Å². The summed E-state index contributed by atoms with van der Waals surface area (Å²) in [5.41, 5.74) is 2.43. The van der Waals surface area contributed by atoms with Crippen molar-refractivity contribution in [2.75, 3.05) is 13.1 Å². The van der Waals surface area contributed by atoms with E-state index in [4.69, 9.17) is 23.2 Å². The van der Waals surface area contributed by atoms with E-state index in [9.17, 15) is 9.59 Å². The maximum absolute atomic E-state index is 13.1. The molecule has 0 unspecified atom stereocenters. The monoisotopic (exact) mass is 477 g/mol. The molecule has 0 bridgehead atoms. The number of benzene rings is 2. The number of hydrogen-bond donors (Lipinski definition) is 0. The van der Waals surface area contributed by atoms with Gasteiger partial charge in [-0.15, -0.1) is 17.7 Å². The number of likely N-dealkylation sites (tertiary alicyclic amines) is 1. The SMILES string of the molecule is O=C[C@H]1CCN(C(=O)C(=[C-]CCCCCCc2cccc(Cl)c2)c2[c-]ccc(Cl)c2)C1.[CH3-].[Li+]. The zero-order chi connectivity index (χ0) is 22.1. The third kappa shape index (κ3) is 9.34. The van der Waals surface area contributed by atoms with Gasteiger partial charge in [0.25, 0.3) is 0 Å². The van der Waals surface area contributed by atoms with Crippen molar-refractivity contribution >= 4 is 41.0 Å². The molecule has 1 saturated heterocycles. The molecule has 0 radical (unpaired) electrons. The van der Waals surface area contributed by atoms with Crippen LogP contribution in [0, 0.1) is 25.5 Å². The van der Waals surface area contributed by atoms with Crippen LogP contribution in [0.1, 0.15) is 49.7 Å². The van der Waals surface area contributed by atoms with E-state index < -0.39 is 0 Å². The number of carbonyl (C=O) groups excluding carboxylic acids is 2. The summed E-state index contributed by atoms with van der Waals surface area (Å²) >= 11 is 12.2. The van der Waals surface area contributed by atoms with Crippen LogP contribution in [0.5, 0.6) is 0 Å². The van der Waals surface area contributed by atoms with Crippen LogP contribution in [-0.4, -0.2) is 30.2 Å². The van der Waals surface area contributed by atoms with Gasteiger partial charge in [-0.3, -0.25) is 0 Å². The summed E-state index contributed by atoms with van der Waals surface area (Å²) in [7, 11) is 0. The maximum atomic E-state index is 13.1. The normalized spacial score (nSPS) is 15.5. The van der Waals surface area contributed by atoms with E-state index >= 15 is 0 Å². The average Bonchev–Trinajstić information content (AvgIpc) is 3.25. The number of unbranched alkanes of at least 4 members (excludes halogenated alkanes) is 4. The van der Waals surface area contributed by atoms with E-state index in [1.165, 1.54) is 5.56 Å². The molecule has 2 aromatic rings. The van der Waals surface area contributed by atoms with E-state index in [0.29, 0.717) is 42.1 Å². The fourth-order valence-corrected chi connectivity index (χ4v) is 4.21. The van der Waals surface area contributed by atoms with Crippen LogP contribution in [0.3, 0.4) is 0 Å². The quantitative estimate of drug-likeness (QED) is 0.172. The van der Waals surface area contributed by atoms with Gasteiger partial charge >= 0.3 is 18.9 Å². The second-order valence-electron chi connectivity index (χ2n) is 7.95. The van der Waals surface area contributed by atoms with Crippen molar-refractivity contribution in [1.82, 2.24) is 4.90 Å². The molecule has 6 heteroatoms. The molecular weight excluding hydrogens is 448 g/mol. The minimum absolute atomic E-state index is 0. The van der Waals surface area contributed by atoms with Crippen molar-refractivity contribution < 1.29 is 28.4 Å². The van der Waals surface area contributed by atoms with Gasteiger partial charge in [0.1, 0.15) is 6.29 Å². The average molecular weight is 478 g/mol. The Balaban J connectivity index is 0.00000272. The van der Waals surface area contributed by atoms with Crippen molar-refractivity contribution in [1.29, 1.82) is 0 Å². The Labute approximate surface area is 220 Å². The van der Waals surface area contributed by atoms with Gasteiger partial charge in [-0.25, -0.2) is 23.3 Å². The van der Waals surface area contributed by atoms with E-state index in [2.05, 4.69) is 18.2 Å². The molecule has 2 aromatic carbocycles. The molecule has 0 aliphatic carbocycles. The van der Waals surface area contributed by atoms with E-state index in [1.54, 1.807) is 23.1 Å². The molecule has 1 fully saturated rings. The van der Waals surface area contributed by atoms with Gasteiger partial charge in [0.05, 0.1) is 5.91 Å². The van der Waals surface area contributed by atoms with Gasteiger partial charge in [-0.1, -0.05) is 54.4 Å². The van der Waals surface area contributed by atoms with Gasteiger partial charge < -0.3 is 21.9 Å². The first-order chi connectivity index (χ1) is 15.1. The zero-order valence-electron chi connectivity index (χ0n) is 19.6. The number of aldehydes is 1. The molecular formula is C27H30Cl2LiNO2-2. The summed E-state index contributed by atoms with van der Waals surface area (Å²) in [5, 5.41) is 1.35. The van der Waals surface area contributed by atoms with Crippen molar-refractivity contribution in [3.05, 3.63) is 83.2 Å². The summed E-state index contributed by atoms with van der Waals surface area (Å²) in [6.07, 6.45) is 11.0. The number of carbonyl (C=O) groups is 2. The number of halogens is 2. The Morgan fingerprint density at radius 3 is 2.58 bits per heavy atom. The number of allylic oxidation sites excluding steroid dienone is 1. The fraction of sp³-hybridized carbons (Fsp3) is 0.370. The third-order valence-electron chi connectivity index (χ3n) is 5.53. The molecule has 0 aromatic heterocycles. The van der Waals surface area contributed by atoms with Crippen molar-refractivity contribution in [2.45, 2.75) is 44.9 Å². The molecule has 0 spiro atoms. The largest absolute Gasteiger partial charge is 1.00 e. The number of aryl methyl sites for hydroxylation is 1. The van der Waals surface area contributed by atoms with Crippen molar-refractivity contribution in [2.24, 2.45) is 5.92 Å². The summed E-state index contributed by atoms with van der Waals surface area (Å²) in [5.74, 6) is -0.170. The molecule has 1 aliphatic heterocycles. The summed E-state index contributed by atoms with van der Waals surface area (Å²) in [4.78, 5) is 25.9. The third-order valence-corrected chi connectivity index (χ3v) is 6.00. The number of rotatable bonds is 10. The van der Waals surface area contributed by atoms with Crippen LogP contribution < -0.4 is 18.9 Å². The summed E-state index contributed by atoms with van der Waals surface area (Å²) in [6, 6.07) is 16.3. The molecule has 3 rings (SSSR count). The molecule has 1 amide bonds. The second kappa shape index (κ2) is 15.4. The molecule has 3 nitrogen and oxygen atoms in total. The van der Waals surface area contributed by atoms with Crippen molar-refractivity contribution in [3.63, 3.8) is 0 Å². The second-order valence-corrected chi connectivity index (χ2v) is 8.83. The summed E-state index contributed by atoms with van der Waals surface area (Å²) in [6.45, 7) is 1.06. The molecule has 0 saturated carbocycles. The van der Waals surface area contributed by atoms with Gasteiger partial charge in [0.15, 0.2) is 0 Å². The fourth-order valence-electron chi connectivity index (χ4n) is 3.82. The van der Waals surface area contributed by atoms with Crippen LogP contribution >= 0.6 is 23.2 Å². The molecule has 1 atom stereocenters. The first-order valence-electron chi connectivity index (χ1n) is 10.8. The smallest absolute Gasteiger partial charge is 0.399 e. The van der Waals surface area contributed by atoms with Crippen LogP contribution in [0.4, 0.5) is 0 Å². The Morgan fingerprint density at radius 2 is 1.88 bits per heavy atom. The zero-order valence-corrected chi connectivity index (χ0v) is 21.1. The van der Waals surface area contributed by atoms with Crippen LogP contribution in [0.2, 0.25) is 10.0 Å². The minimum Gasteiger partial charge on any atom is -0.399 e. The van der Waals surface area contributed by atoms with E-state index in [-0.39, 0.29) is 38.1 Å². The van der Waals surface area contributed by atoms with Gasteiger partial charge in [-0.2, -0.15) is 12.1 Å². The van der Waals surface area contributed by atoms with Crippen LogP contribution in [-0.2, 0) is 16.0 Å². The predicted octanol–water partition coefficient (Wildman–Crippen LogP) is 3.68. The van der Waals surface area contributed by atoms with Crippen LogP contribution in [0.25, 0.3) is 5.57 Å². The van der Waals surface area contributed by atoms with Gasteiger partial charge in [0.2, 0.25) is 0 Å². The van der Waals surface area contributed by atoms with Gasteiger partial charge in [0, 0.05) is 24.0 Å². The molecule has 33 heavy (non-hydrogen) atoms. The maximum Gasteiger partial charge on any atom is 1.00 e. The number of hydrogen-bond acceptors (Lipinski definition) is 2. The van der Waals surface area contributed by atoms with E-state index in [0.717, 1.165) is 43.4 Å². The number of amides is 1. The molecule has 1 heterocycles. The van der Waals surface area contributed by atoms with Gasteiger partial charge in [-0.05, 0) is 37.0 Å². The molecule has 0 N–H and O–H groups in total. The Bertz CT molecular complexity index is 932. The van der Waals surface area contributed by atoms with E-state index in [1.807, 2.05) is 18.2 Å². The first kappa shape index (κ1) is 29.5. The Morgan fingerprint density at radius 1 is 1.12 bits per heavy atom. The number of nitrogens with zero attached hydrogens (tertiary/aromatic N) is 1.